The lowest BCUT2D eigenvalue weighted by Crippen LogP contribution is -2.33. The normalized spacial score (nSPS) is 19.7. The van der Waals surface area contributed by atoms with E-state index in [0.29, 0.717) is 13.2 Å². The number of hydrogen-bond acceptors (Lipinski definition) is 2. The van der Waals surface area contributed by atoms with Gasteiger partial charge in [0.25, 0.3) is 0 Å². The van der Waals surface area contributed by atoms with Crippen molar-refractivity contribution in [3.8, 4) is 0 Å². The lowest BCUT2D eigenvalue weighted by molar-refractivity contribution is -0.130. The van der Waals surface area contributed by atoms with E-state index in [1.165, 1.54) is 5.56 Å². The van der Waals surface area contributed by atoms with Crippen LogP contribution in [0.2, 0.25) is 0 Å². The van der Waals surface area contributed by atoms with Gasteiger partial charge in [-0.3, -0.25) is 4.79 Å². The number of amides is 1. The molecule has 1 atom stereocenters. The summed E-state index contributed by atoms with van der Waals surface area (Å²) < 4.78 is 5.31. The number of benzene rings is 1. The van der Waals surface area contributed by atoms with E-state index in [0.717, 1.165) is 18.4 Å². The zero-order valence-electron chi connectivity index (χ0n) is 9.53. The summed E-state index contributed by atoms with van der Waals surface area (Å²) in [6, 6.07) is 8.16. The molecule has 16 heavy (non-hydrogen) atoms. The fraction of sp³-hybridized carbons (Fsp3) is 0.462. The number of aryl methyl sites for hydroxylation is 1. The van der Waals surface area contributed by atoms with Gasteiger partial charge in [-0.25, -0.2) is 0 Å². The SMILES string of the molecule is Cc1ccc(CNC(=O)C2CCCO2)cc1. The van der Waals surface area contributed by atoms with Gasteiger partial charge >= 0.3 is 0 Å². The van der Waals surface area contributed by atoms with Crippen molar-refractivity contribution in [1.29, 1.82) is 0 Å². The van der Waals surface area contributed by atoms with E-state index in [1.54, 1.807) is 0 Å². The van der Waals surface area contributed by atoms with Crippen LogP contribution in [-0.4, -0.2) is 18.6 Å². The summed E-state index contributed by atoms with van der Waals surface area (Å²) in [5.41, 5.74) is 2.35. The van der Waals surface area contributed by atoms with Crippen molar-refractivity contribution in [2.75, 3.05) is 6.61 Å². The maximum Gasteiger partial charge on any atom is 0.249 e. The molecule has 0 saturated carbocycles. The van der Waals surface area contributed by atoms with Gasteiger partial charge in [0, 0.05) is 13.2 Å². The second-order valence-corrected chi connectivity index (χ2v) is 4.21. The first-order valence-corrected chi connectivity index (χ1v) is 5.70. The first kappa shape index (κ1) is 11.1. The van der Waals surface area contributed by atoms with Crippen LogP contribution in [0.5, 0.6) is 0 Å². The third-order valence-corrected chi connectivity index (χ3v) is 2.81. The molecule has 0 aliphatic carbocycles. The van der Waals surface area contributed by atoms with Crippen LogP contribution in [0, 0.1) is 6.92 Å². The number of carbonyl (C=O) groups is 1. The molecular weight excluding hydrogens is 202 g/mol. The minimum atomic E-state index is -0.231. The van der Waals surface area contributed by atoms with Gasteiger partial charge in [0.1, 0.15) is 6.10 Å². The standard InChI is InChI=1S/C13H17NO2/c1-10-4-6-11(7-5-10)9-14-13(15)12-3-2-8-16-12/h4-7,12H,2-3,8-9H2,1H3,(H,14,15). The van der Waals surface area contributed by atoms with Gasteiger partial charge < -0.3 is 10.1 Å². The number of hydrogen-bond donors (Lipinski definition) is 1. The van der Waals surface area contributed by atoms with Crippen LogP contribution in [0.4, 0.5) is 0 Å². The Morgan fingerprint density at radius 1 is 1.44 bits per heavy atom. The first-order valence-electron chi connectivity index (χ1n) is 5.70. The average molecular weight is 219 g/mol. The molecule has 1 saturated heterocycles. The van der Waals surface area contributed by atoms with Crippen LogP contribution in [0.15, 0.2) is 24.3 Å². The molecule has 0 spiro atoms. The average Bonchev–Trinajstić information content (AvgIpc) is 2.81. The predicted molar refractivity (Wildman–Crippen MR) is 62.0 cm³/mol. The topological polar surface area (TPSA) is 38.3 Å². The fourth-order valence-corrected chi connectivity index (χ4v) is 1.79. The molecule has 1 aromatic rings. The highest BCUT2D eigenvalue weighted by Crippen LogP contribution is 2.12. The van der Waals surface area contributed by atoms with Crippen molar-refractivity contribution in [2.24, 2.45) is 0 Å². The van der Waals surface area contributed by atoms with E-state index in [9.17, 15) is 4.79 Å². The van der Waals surface area contributed by atoms with E-state index < -0.39 is 0 Å². The van der Waals surface area contributed by atoms with Gasteiger partial charge in [-0.05, 0) is 25.3 Å². The molecule has 1 fully saturated rings. The third-order valence-electron chi connectivity index (χ3n) is 2.81. The Kier molecular flexibility index (Phi) is 3.57. The fourth-order valence-electron chi connectivity index (χ4n) is 1.79. The Balaban J connectivity index is 1.82. The second-order valence-electron chi connectivity index (χ2n) is 4.21. The largest absolute Gasteiger partial charge is 0.368 e. The molecule has 2 rings (SSSR count). The number of carbonyl (C=O) groups excluding carboxylic acids is 1. The molecule has 1 aromatic carbocycles. The van der Waals surface area contributed by atoms with Gasteiger partial charge in [-0.1, -0.05) is 29.8 Å². The summed E-state index contributed by atoms with van der Waals surface area (Å²) in [4.78, 5) is 11.6. The summed E-state index contributed by atoms with van der Waals surface area (Å²) in [6.07, 6.45) is 1.60. The van der Waals surface area contributed by atoms with Crippen LogP contribution in [0.1, 0.15) is 24.0 Å². The molecule has 1 unspecified atom stereocenters. The molecule has 0 radical (unpaired) electrons. The van der Waals surface area contributed by atoms with E-state index in [4.69, 9.17) is 4.74 Å². The quantitative estimate of drug-likeness (QED) is 0.841. The maximum atomic E-state index is 11.6. The second kappa shape index (κ2) is 5.12. The van der Waals surface area contributed by atoms with Crippen molar-refractivity contribution < 1.29 is 9.53 Å². The molecule has 1 N–H and O–H groups in total. The monoisotopic (exact) mass is 219 g/mol. The zero-order valence-corrected chi connectivity index (χ0v) is 9.53. The predicted octanol–water partition coefficient (Wildman–Crippen LogP) is 1.79. The van der Waals surface area contributed by atoms with Crippen molar-refractivity contribution in [1.82, 2.24) is 5.32 Å². The summed E-state index contributed by atoms with van der Waals surface area (Å²) in [6.45, 7) is 3.34. The van der Waals surface area contributed by atoms with Gasteiger partial charge in [0.15, 0.2) is 0 Å². The van der Waals surface area contributed by atoms with Crippen LogP contribution < -0.4 is 5.32 Å². The van der Waals surface area contributed by atoms with E-state index >= 15 is 0 Å². The minimum Gasteiger partial charge on any atom is -0.368 e. The van der Waals surface area contributed by atoms with Crippen molar-refractivity contribution in [3.05, 3.63) is 35.4 Å². The lowest BCUT2D eigenvalue weighted by Gasteiger charge is -2.10. The third kappa shape index (κ3) is 2.83. The molecule has 3 nitrogen and oxygen atoms in total. The summed E-state index contributed by atoms with van der Waals surface area (Å²) in [7, 11) is 0. The van der Waals surface area contributed by atoms with E-state index in [1.807, 2.05) is 24.3 Å². The van der Waals surface area contributed by atoms with Gasteiger partial charge in [0.05, 0.1) is 0 Å². The molecule has 86 valence electrons. The van der Waals surface area contributed by atoms with Gasteiger partial charge in [0.2, 0.25) is 5.91 Å². The number of ether oxygens (including phenoxy) is 1. The Labute approximate surface area is 95.8 Å². The maximum absolute atomic E-state index is 11.6. The molecule has 0 bridgehead atoms. The van der Waals surface area contributed by atoms with Crippen molar-refractivity contribution in [3.63, 3.8) is 0 Å². The van der Waals surface area contributed by atoms with Crippen LogP contribution in [-0.2, 0) is 16.1 Å². The molecule has 1 aliphatic heterocycles. The lowest BCUT2D eigenvalue weighted by atomic mass is 10.1. The highest BCUT2D eigenvalue weighted by Gasteiger charge is 2.22. The van der Waals surface area contributed by atoms with Crippen molar-refractivity contribution >= 4 is 5.91 Å². The van der Waals surface area contributed by atoms with Crippen LogP contribution in [0.25, 0.3) is 0 Å². The smallest absolute Gasteiger partial charge is 0.249 e. The Morgan fingerprint density at radius 3 is 2.81 bits per heavy atom. The molecule has 3 heteroatoms. The van der Waals surface area contributed by atoms with E-state index in [-0.39, 0.29) is 12.0 Å². The Bertz CT molecular complexity index is 353. The van der Waals surface area contributed by atoms with Crippen LogP contribution >= 0.6 is 0 Å². The summed E-state index contributed by atoms with van der Waals surface area (Å²) in [5, 5.41) is 2.90. The molecule has 1 heterocycles. The molecule has 1 aliphatic rings. The number of nitrogens with one attached hydrogen (secondary N) is 1. The highest BCUT2D eigenvalue weighted by molar-refractivity contribution is 5.80. The highest BCUT2D eigenvalue weighted by atomic mass is 16.5. The zero-order chi connectivity index (χ0) is 11.4. The Morgan fingerprint density at radius 2 is 2.19 bits per heavy atom. The molecule has 1 amide bonds. The number of rotatable bonds is 3. The first-order chi connectivity index (χ1) is 7.75. The Hall–Kier alpha value is -1.35. The molecule has 0 aromatic heterocycles. The summed E-state index contributed by atoms with van der Waals surface area (Å²) >= 11 is 0. The van der Waals surface area contributed by atoms with E-state index in [2.05, 4.69) is 12.2 Å². The minimum absolute atomic E-state index is 0.0121. The van der Waals surface area contributed by atoms with Gasteiger partial charge in [-0.2, -0.15) is 0 Å². The van der Waals surface area contributed by atoms with Gasteiger partial charge in [-0.15, -0.1) is 0 Å². The van der Waals surface area contributed by atoms with Crippen LogP contribution in [0.3, 0.4) is 0 Å². The van der Waals surface area contributed by atoms with Crippen molar-refractivity contribution in [2.45, 2.75) is 32.4 Å². The molecular formula is C13H17NO2. The summed E-state index contributed by atoms with van der Waals surface area (Å²) in [5.74, 6) is 0.0121.